The van der Waals surface area contributed by atoms with Crippen molar-refractivity contribution in [3.8, 4) is 0 Å². The number of rotatable bonds is 4. The Hall–Kier alpha value is -0.830. The number of aromatic nitrogens is 2. The molecule has 13 heavy (non-hydrogen) atoms. The van der Waals surface area contributed by atoms with Crippen molar-refractivity contribution >= 4 is 0 Å². The first-order chi connectivity index (χ1) is 6.15. The van der Waals surface area contributed by atoms with E-state index in [1.807, 2.05) is 4.68 Å². The molecule has 0 spiro atoms. The highest BCUT2D eigenvalue weighted by Gasteiger charge is 2.06. The largest absolute Gasteiger partial charge is 0.383 e. The smallest absolute Gasteiger partial charge is 0.0658 e. The molecule has 0 saturated carbocycles. The predicted octanol–water partition coefficient (Wildman–Crippen LogP) is 1.96. The van der Waals surface area contributed by atoms with Crippen molar-refractivity contribution in [2.45, 2.75) is 33.2 Å². The van der Waals surface area contributed by atoms with Crippen LogP contribution in [-0.2, 0) is 11.3 Å². The van der Waals surface area contributed by atoms with E-state index in [4.69, 9.17) is 4.74 Å². The Kier molecular flexibility index (Phi) is 3.48. The molecule has 0 aliphatic rings. The van der Waals surface area contributed by atoms with Crippen LogP contribution in [0.5, 0.6) is 0 Å². The van der Waals surface area contributed by atoms with Crippen molar-refractivity contribution in [3.05, 3.63) is 17.5 Å². The predicted molar refractivity (Wildman–Crippen MR) is 52.9 cm³/mol. The maximum Gasteiger partial charge on any atom is 0.0658 e. The van der Waals surface area contributed by atoms with Crippen LogP contribution >= 0.6 is 0 Å². The summed E-state index contributed by atoms with van der Waals surface area (Å²) in [7, 11) is 1.71. The molecule has 0 aliphatic heterocycles. The summed E-state index contributed by atoms with van der Waals surface area (Å²) >= 11 is 0. The van der Waals surface area contributed by atoms with Crippen LogP contribution in [0.4, 0.5) is 0 Å². The minimum Gasteiger partial charge on any atom is -0.383 e. The van der Waals surface area contributed by atoms with E-state index in [2.05, 4.69) is 31.9 Å². The van der Waals surface area contributed by atoms with Crippen LogP contribution in [0.3, 0.4) is 0 Å². The van der Waals surface area contributed by atoms with Gasteiger partial charge in [0.25, 0.3) is 0 Å². The van der Waals surface area contributed by atoms with Gasteiger partial charge in [-0.2, -0.15) is 5.10 Å². The molecule has 0 atom stereocenters. The van der Waals surface area contributed by atoms with Crippen molar-refractivity contribution in [3.63, 3.8) is 0 Å². The van der Waals surface area contributed by atoms with Crippen LogP contribution in [0.25, 0.3) is 0 Å². The van der Waals surface area contributed by atoms with E-state index in [1.165, 1.54) is 5.69 Å². The second kappa shape index (κ2) is 4.42. The van der Waals surface area contributed by atoms with Crippen LogP contribution in [0.15, 0.2) is 6.07 Å². The van der Waals surface area contributed by atoms with Crippen LogP contribution in [0, 0.1) is 6.92 Å². The van der Waals surface area contributed by atoms with Gasteiger partial charge in [0.2, 0.25) is 0 Å². The van der Waals surface area contributed by atoms with Gasteiger partial charge in [0.1, 0.15) is 0 Å². The molecule has 1 aromatic heterocycles. The molecule has 0 fully saturated rings. The lowest BCUT2D eigenvalue weighted by atomic mass is 10.1. The summed E-state index contributed by atoms with van der Waals surface area (Å²) in [6, 6.07) is 2.14. The number of nitrogens with zero attached hydrogens (tertiary/aromatic N) is 2. The lowest BCUT2D eigenvalue weighted by molar-refractivity contribution is 0.182. The van der Waals surface area contributed by atoms with E-state index in [9.17, 15) is 0 Å². The number of hydrogen-bond acceptors (Lipinski definition) is 2. The van der Waals surface area contributed by atoms with Gasteiger partial charge in [-0.15, -0.1) is 0 Å². The third kappa shape index (κ3) is 2.56. The molecule has 0 bridgehead atoms. The Balaban J connectivity index is 2.71. The first-order valence-corrected chi connectivity index (χ1v) is 4.68. The summed E-state index contributed by atoms with van der Waals surface area (Å²) in [6.45, 7) is 7.95. The number of methoxy groups -OCH3 is 1. The summed E-state index contributed by atoms with van der Waals surface area (Å²) in [5.74, 6) is 0.502. The zero-order valence-corrected chi connectivity index (χ0v) is 8.87. The molecule has 0 saturated heterocycles. The molecule has 0 aromatic carbocycles. The topological polar surface area (TPSA) is 27.1 Å². The number of aryl methyl sites for hydroxylation is 1. The Morgan fingerprint density at radius 1 is 1.54 bits per heavy atom. The molecule has 0 aliphatic carbocycles. The van der Waals surface area contributed by atoms with E-state index in [1.54, 1.807) is 7.11 Å². The third-order valence-electron chi connectivity index (χ3n) is 2.10. The van der Waals surface area contributed by atoms with E-state index in [0.29, 0.717) is 5.92 Å². The van der Waals surface area contributed by atoms with Gasteiger partial charge in [-0.25, -0.2) is 0 Å². The van der Waals surface area contributed by atoms with Crippen molar-refractivity contribution < 1.29 is 4.74 Å². The van der Waals surface area contributed by atoms with Crippen LogP contribution in [-0.4, -0.2) is 23.5 Å². The van der Waals surface area contributed by atoms with Crippen molar-refractivity contribution in [1.29, 1.82) is 0 Å². The van der Waals surface area contributed by atoms with Crippen molar-refractivity contribution in [1.82, 2.24) is 9.78 Å². The fourth-order valence-corrected chi connectivity index (χ4v) is 1.22. The summed E-state index contributed by atoms with van der Waals surface area (Å²) in [6.07, 6.45) is 0. The molecule has 0 N–H and O–H groups in total. The molecule has 1 rings (SSSR count). The normalized spacial score (nSPS) is 11.2. The monoisotopic (exact) mass is 182 g/mol. The summed E-state index contributed by atoms with van der Waals surface area (Å²) < 4.78 is 7.01. The molecule has 1 aromatic rings. The highest BCUT2D eigenvalue weighted by atomic mass is 16.5. The zero-order chi connectivity index (χ0) is 9.84. The SMILES string of the molecule is COCCn1nc(C(C)C)cc1C. The van der Waals surface area contributed by atoms with Gasteiger partial charge >= 0.3 is 0 Å². The average molecular weight is 182 g/mol. The summed E-state index contributed by atoms with van der Waals surface area (Å²) in [5.41, 5.74) is 2.37. The standard InChI is InChI=1S/C10H18N2O/c1-8(2)10-7-9(3)12(11-10)5-6-13-4/h7-8H,5-6H2,1-4H3. The Labute approximate surface area is 79.7 Å². The highest BCUT2D eigenvalue weighted by Crippen LogP contribution is 2.13. The highest BCUT2D eigenvalue weighted by molar-refractivity contribution is 5.11. The van der Waals surface area contributed by atoms with Gasteiger partial charge in [0.05, 0.1) is 18.8 Å². The average Bonchev–Trinajstić information content (AvgIpc) is 2.44. The first kappa shape index (κ1) is 10.3. The van der Waals surface area contributed by atoms with E-state index < -0.39 is 0 Å². The lowest BCUT2D eigenvalue weighted by Crippen LogP contribution is -2.07. The molecule has 3 heteroatoms. The zero-order valence-electron chi connectivity index (χ0n) is 8.87. The second-order valence-electron chi connectivity index (χ2n) is 3.58. The Bertz CT molecular complexity index is 266. The van der Waals surface area contributed by atoms with Gasteiger partial charge in [-0.05, 0) is 18.9 Å². The fraction of sp³-hybridized carbons (Fsp3) is 0.700. The molecule has 3 nitrogen and oxygen atoms in total. The van der Waals surface area contributed by atoms with Gasteiger partial charge in [0.15, 0.2) is 0 Å². The maximum absolute atomic E-state index is 5.01. The molecule has 0 unspecified atom stereocenters. The minimum atomic E-state index is 0.502. The second-order valence-corrected chi connectivity index (χ2v) is 3.58. The first-order valence-electron chi connectivity index (χ1n) is 4.68. The Morgan fingerprint density at radius 2 is 2.23 bits per heavy atom. The molecule has 1 heterocycles. The number of ether oxygens (including phenoxy) is 1. The molecule has 0 radical (unpaired) electrons. The summed E-state index contributed by atoms with van der Waals surface area (Å²) in [4.78, 5) is 0. The maximum atomic E-state index is 5.01. The van der Waals surface area contributed by atoms with Crippen molar-refractivity contribution in [2.24, 2.45) is 0 Å². The fourth-order valence-electron chi connectivity index (χ4n) is 1.22. The summed E-state index contributed by atoms with van der Waals surface area (Å²) in [5, 5.41) is 4.48. The van der Waals surface area contributed by atoms with Gasteiger partial charge in [-0.1, -0.05) is 13.8 Å². The molecular weight excluding hydrogens is 164 g/mol. The molecular formula is C10H18N2O. The van der Waals surface area contributed by atoms with Crippen LogP contribution < -0.4 is 0 Å². The van der Waals surface area contributed by atoms with E-state index >= 15 is 0 Å². The lowest BCUT2D eigenvalue weighted by Gasteiger charge is -2.02. The van der Waals surface area contributed by atoms with E-state index in [0.717, 1.165) is 18.8 Å². The third-order valence-corrected chi connectivity index (χ3v) is 2.10. The van der Waals surface area contributed by atoms with Gasteiger partial charge < -0.3 is 4.74 Å². The molecule has 0 amide bonds. The Morgan fingerprint density at radius 3 is 2.69 bits per heavy atom. The van der Waals surface area contributed by atoms with Crippen LogP contribution in [0.1, 0.15) is 31.2 Å². The van der Waals surface area contributed by atoms with Crippen LogP contribution in [0.2, 0.25) is 0 Å². The molecule has 74 valence electrons. The quantitative estimate of drug-likeness (QED) is 0.711. The van der Waals surface area contributed by atoms with E-state index in [-0.39, 0.29) is 0 Å². The number of hydrogen-bond donors (Lipinski definition) is 0. The van der Waals surface area contributed by atoms with Gasteiger partial charge in [0, 0.05) is 12.8 Å². The van der Waals surface area contributed by atoms with Gasteiger partial charge in [-0.3, -0.25) is 4.68 Å². The van der Waals surface area contributed by atoms with Crippen molar-refractivity contribution in [2.75, 3.05) is 13.7 Å². The minimum absolute atomic E-state index is 0.502.